The maximum Gasteiger partial charge on any atom is 0.264 e. The van der Waals surface area contributed by atoms with E-state index in [-0.39, 0.29) is 25.2 Å². The molecule has 4 fully saturated rings. The van der Waals surface area contributed by atoms with Gasteiger partial charge in [0.05, 0.1) is 12.0 Å². The van der Waals surface area contributed by atoms with Gasteiger partial charge in [0.25, 0.3) is 11.8 Å². The summed E-state index contributed by atoms with van der Waals surface area (Å²) >= 11 is 0. The van der Waals surface area contributed by atoms with E-state index in [2.05, 4.69) is 10.6 Å². The van der Waals surface area contributed by atoms with E-state index >= 15 is 8.78 Å². The largest absolute Gasteiger partial charge is 0.372 e. The maximum absolute atomic E-state index is 15.2. The van der Waals surface area contributed by atoms with Gasteiger partial charge in [0.15, 0.2) is 5.60 Å². The van der Waals surface area contributed by atoms with E-state index in [9.17, 15) is 24.8 Å². The topological polar surface area (TPSA) is 123 Å². The Labute approximate surface area is 224 Å². The average molecular weight is 535 g/mol. The number of alkyl halides is 2. The van der Waals surface area contributed by atoms with Gasteiger partial charge in [0, 0.05) is 36.1 Å². The Morgan fingerprint density at radius 2 is 1.74 bits per heavy atom. The molecule has 5 atom stereocenters. The molecule has 7 rings (SSSR count). The van der Waals surface area contributed by atoms with Crippen LogP contribution >= 0.6 is 0 Å². The Hall–Kier alpha value is -3.84. The quantitative estimate of drug-likeness (QED) is 0.544. The Balaban J connectivity index is 1.36. The van der Waals surface area contributed by atoms with E-state index in [1.54, 1.807) is 48.5 Å². The lowest BCUT2D eigenvalue weighted by Crippen LogP contribution is -2.70. The molecule has 0 spiro atoms. The molecule has 0 aromatic heterocycles. The molecule has 2 aromatic rings. The molecule has 2 bridgehead atoms. The van der Waals surface area contributed by atoms with Crippen molar-refractivity contribution in [3.05, 3.63) is 59.7 Å². The zero-order chi connectivity index (χ0) is 27.5. The number of carbonyl (C=O) groups is 3. The minimum absolute atomic E-state index is 0.0351. The van der Waals surface area contributed by atoms with Crippen molar-refractivity contribution in [2.75, 3.05) is 6.54 Å². The van der Waals surface area contributed by atoms with Crippen LogP contribution in [0.15, 0.2) is 48.5 Å². The number of hydrogen-bond donors (Lipinski definition) is 3. The number of piperidine rings is 2. The lowest BCUT2D eigenvalue weighted by atomic mass is 9.70. The third kappa shape index (κ3) is 3.82. The summed E-state index contributed by atoms with van der Waals surface area (Å²) in [6.07, 6.45) is 0.266. The second kappa shape index (κ2) is 9.12. The lowest BCUT2D eigenvalue weighted by molar-refractivity contribution is -0.201. The first-order valence-electron chi connectivity index (χ1n) is 13.3. The fraction of sp³-hybridized carbons (Fsp3) is 0.448. The van der Waals surface area contributed by atoms with E-state index in [1.165, 1.54) is 0 Å². The minimum Gasteiger partial charge on any atom is -0.372 e. The molecule has 3 N–H and O–H groups in total. The summed E-state index contributed by atoms with van der Waals surface area (Å²) < 4.78 is 30.4. The fourth-order valence-corrected chi connectivity index (χ4v) is 6.98. The standard InChI is InChI=1S/C29H28F2N4O4/c30-28(31)14-18-9-10-23(28)24(26(37)34-17(15-32)13-16-11-12-33-25(16)36)35(18)27(38)29(39)21-7-3-1-5-19(21)20-6-2-4-8-22(20)29/h1-8,16-18,23-24,39H,9-14H2,(H,33,36)(H,34,37)/t16-,17+,18+,23+,24+/m0/s1. The number of halogens is 2. The van der Waals surface area contributed by atoms with Crippen molar-refractivity contribution in [1.82, 2.24) is 15.5 Å². The third-order valence-electron chi connectivity index (χ3n) is 8.83. The van der Waals surface area contributed by atoms with Crippen molar-refractivity contribution < 1.29 is 28.3 Å². The number of amides is 3. The van der Waals surface area contributed by atoms with Gasteiger partial charge in [-0.3, -0.25) is 14.4 Å². The van der Waals surface area contributed by atoms with Crippen LogP contribution in [0.25, 0.3) is 11.1 Å². The average Bonchev–Trinajstić information content (AvgIpc) is 3.46. The number of nitrogens with one attached hydrogen (secondary N) is 2. The summed E-state index contributed by atoms with van der Waals surface area (Å²) in [5.41, 5.74) is -0.153. The molecule has 5 aliphatic rings. The van der Waals surface area contributed by atoms with Crippen LogP contribution in [0.1, 0.15) is 43.2 Å². The van der Waals surface area contributed by atoms with Crippen LogP contribution in [-0.4, -0.2) is 58.3 Å². The van der Waals surface area contributed by atoms with E-state index in [0.717, 1.165) is 4.90 Å². The smallest absolute Gasteiger partial charge is 0.264 e. The van der Waals surface area contributed by atoms with Crippen LogP contribution in [-0.2, 0) is 20.0 Å². The van der Waals surface area contributed by atoms with Gasteiger partial charge in [0.2, 0.25) is 11.8 Å². The Bertz CT molecular complexity index is 1360. The molecular weight excluding hydrogens is 506 g/mol. The molecule has 3 saturated heterocycles. The number of aliphatic hydroxyl groups is 1. The van der Waals surface area contributed by atoms with Crippen LogP contribution in [0.5, 0.6) is 0 Å². The SMILES string of the molecule is N#C[C@@H](C[C@@H]1CCNC1=O)NC(=O)[C@H]1[C@H]2CC[C@H](CC2(F)F)N1C(=O)C1(O)c2ccccc2-c2ccccc21. The first-order valence-corrected chi connectivity index (χ1v) is 13.3. The Morgan fingerprint density at radius 3 is 2.31 bits per heavy atom. The van der Waals surface area contributed by atoms with Gasteiger partial charge in [-0.15, -0.1) is 0 Å². The number of carbonyl (C=O) groups excluding carboxylic acids is 3. The van der Waals surface area contributed by atoms with E-state index < -0.39 is 59.7 Å². The van der Waals surface area contributed by atoms with Gasteiger partial charge in [-0.05, 0) is 36.8 Å². The summed E-state index contributed by atoms with van der Waals surface area (Å²) in [6, 6.07) is 12.2. The van der Waals surface area contributed by atoms with Crippen LogP contribution in [0, 0.1) is 23.2 Å². The number of hydrogen-bond acceptors (Lipinski definition) is 5. The summed E-state index contributed by atoms with van der Waals surface area (Å²) in [7, 11) is 0. The molecule has 3 aliphatic heterocycles. The van der Waals surface area contributed by atoms with Crippen LogP contribution in [0.2, 0.25) is 0 Å². The molecule has 2 aromatic carbocycles. The van der Waals surface area contributed by atoms with Gasteiger partial charge in [-0.2, -0.15) is 5.26 Å². The molecule has 39 heavy (non-hydrogen) atoms. The van der Waals surface area contributed by atoms with Crippen molar-refractivity contribution in [2.24, 2.45) is 11.8 Å². The molecule has 3 heterocycles. The first kappa shape index (κ1) is 25.4. The molecule has 3 amide bonds. The van der Waals surface area contributed by atoms with Gasteiger partial charge >= 0.3 is 0 Å². The summed E-state index contributed by atoms with van der Waals surface area (Å²) in [6.45, 7) is 0.470. The second-order valence-corrected chi connectivity index (χ2v) is 11.0. The highest BCUT2D eigenvalue weighted by atomic mass is 19.3. The van der Waals surface area contributed by atoms with Crippen LogP contribution in [0.3, 0.4) is 0 Å². The number of nitriles is 1. The molecule has 202 valence electrons. The third-order valence-corrected chi connectivity index (χ3v) is 8.83. The van der Waals surface area contributed by atoms with E-state index in [0.29, 0.717) is 35.2 Å². The monoisotopic (exact) mass is 534 g/mol. The molecule has 0 unspecified atom stereocenters. The van der Waals surface area contributed by atoms with Crippen molar-refractivity contribution in [2.45, 2.75) is 61.8 Å². The molecule has 2 aliphatic carbocycles. The zero-order valence-corrected chi connectivity index (χ0v) is 21.1. The van der Waals surface area contributed by atoms with Crippen LogP contribution < -0.4 is 10.6 Å². The summed E-state index contributed by atoms with van der Waals surface area (Å²) in [5, 5.41) is 27.0. The van der Waals surface area contributed by atoms with E-state index in [1.807, 2.05) is 6.07 Å². The zero-order valence-electron chi connectivity index (χ0n) is 21.1. The highest BCUT2D eigenvalue weighted by Gasteiger charge is 2.63. The minimum atomic E-state index is -3.19. The summed E-state index contributed by atoms with van der Waals surface area (Å²) in [5.74, 6) is -7.03. The predicted octanol–water partition coefficient (Wildman–Crippen LogP) is 2.45. The Morgan fingerprint density at radius 1 is 1.10 bits per heavy atom. The van der Waals surface area contributed by atoms with Crippen LogP contribution in [0.4, 0.5) is 8.78 Å². The molecule has 1 saturated carbocycles. The van der Waals surface area contributed by atoms with E-state index in [4.69, 9.17) is 0 Å². The highest BCUT2D eigenvalue weighted by Crippen LogP contribution is 2.53. The Kier molecular flexibility index (Phi) is 5.95. The predicted molar refractivity (Wildman–Crippen MR) is 135 cm³/mol. The summed E-state index contributed by atoms with van der Waals surface area (Å²) in [4.78, 5) is 41.2. The molecule has 0 radical (unpaired) electrons. The van der Waals surface area contributed by atoms with Gasteiger partial charge < -0.3 is 20.6 Å². The first-order chi connectivity index (χ1) is 18.7. The lowest BCUT2D eigenvalue weighted by Gasteiger charge is -2.54. The van der Waals surface area contributed by atoms with Crippen molar-refractivity contribution in [3.8, 4) is 17.2 Å². The van der Waals surface area contributed by atoms with Gasteiger partial charge in [-0.1, -0.05) is 48.5 Å². The number of benzene rings is 2. The molecule has 10 heteroatoms. The fourth-order valence-electron chi connectivity index (χ4n) is 6.98. The van der Waals surface area contributed by atoms with Crippen molar-refractivity contribution in [1.29, 1.82) is 5.26 Å². The number of fused-ring (bicyclic) bond motifs is 6. The van der Waals surface area contributed by atoms with Crippen molar-refractivity contribution >= 4 is 17.7 Å². The second-order valence-electron chi connectivity index (χ2n) is 11.0. The maximum atomic E-state index is 15.2. The van der Waals surface area contributed by atoms with Gasteiger partial charge in [-0.25, -0.2) is 8.78 Å². The normalized spacial score (nSPS) is 28.2. The van der Waals surface area contributed by atoms with Crippen molar-refractivity contribution in [3.63, 3.8) is 0 Å². The van der Waals surface area contributed by atoms with Gasteiger partial charge in [0.1, 0.15) is 12.1 Å². The molecule has 8 nitrogen and oxygen atoms in total. The number of rotatable bonds is 5. The molecular formula is C29H28F2N4O4. The number of nitrogens with zero attached hydrogens (tertiary/aromatic N) is 2. The highest BCUT2D eigenvalue weighted by molar-refractivity contribution is 6.01.